The number of unbranched alkanes of at least 4 members (excludes halogenated alkanes) is 27. The van der Waals surface area contributed by atoms with Gasteiger partial charge in [-0.05, 0) is 116 Å². The second-order valence-electron chi connectivity index (χ2n) is 21.2. The minimum atomic E-state index is -0.0950. The Kier molecular flexibility index (Phi) is 47.4. The molecule has 0 spiro atoms. The van der Waals surface area contributed by atoms with Gasteiger partial charge < -0.3 is 23.4 Å². The Morgan fingerprint density at radius 2 is 0.721 bits per heavy atom. The first-order valence-electron chi connectivity index (χ1n) is 29.6. The summed E-state index contributed by atoms with van der Waals surface area (Å²) in [6.07, 6.45) is 73.2. The Balaban J connectivity index is 2.52. The number of quaternary nitrogens is 1. The molecule has 1 saturated heterocycles. The SMILES string of the molecule is CCCCC/C=C\C/C=C\CCCCCCCCO[C@H]1[C@@H]([C@@H](C[N+](C)(C)C)OCCCCCCCC/C=C\C/C=C\CCCCC)OC[C@@H]1OCCCCCCCC/C=C\C/C=C\CCCCC. The molecule has 0 aromatic rings. The van der Waals surface area contributed by atoms with Gasteiger partial charge in [0.05, 0.1) is 27.7 Å². The molecular formula is C63H116NO4+. The molecule has 1 heterocycles. The molecule has 1 rings (SSSR count). The van der Waals surface area contributed by atoms with E-state index in [1.54, 1.807) is 0 Å². The van der Waals surface area contributed by atoms with Gasteiger partial charge >= 0.3 is 0 Å². The van der Waals surface area contributed by atoms with Crippen LogP contribution in [0, 0.1) is 0 Å². The summed E-state index contributed by atoms with van der Waals surface area (Å²) in [6.45, 7) is 10.7. The van der Waals surface area contributed by atoms with E-state index in [0.717, 1.165) is 69.4 Å². The maximum absolute atomic E-state index is 6.79. The van der Waals surface area contributed by atoms with Crippen molar-refractivity contribution in [2.75, 3.05) is 54.1 Å². The van der Waals surface area contributed by atoms with Gasteiger partial charge in [0.15, 0.2) is 0 Å². The van der Waals surface area contributed by atoms with E-state index >= 15 is 0 Å². The standard InChI is InChI=1S/C63H116NO4/c1-7-10-13-16-19-22-25-28-31-34-37-40-43-46-49-52-55-65-60(58-64(4,5)6)62-63(67-57-54-51-48-45-42-39-36-33-30-27-24-21-18-15-12-9-3)61(59-68-62)66-56-53-50-47-44-41-38-35-32-29-26-23-20-17-14-11-8-2/h19-24,28-33,60-63H,7-18,25-27,34-59H2,1-6H3/q+1/b22-19-,23-20-,24-21-,31-28-,32-29-,33-30-/t60-,61+,62-,63-/m1/s1. The number of allylic oxidation sites excluding steroid dienone is 12. The fraction of sp³-hybridized carbons (Fsp3) is 0.810. The highest BCUT2D eigenvalue weighted by Crippen LogP contribution is 2.27. The van der Waals surface area contributed by atoms with Crippen molar-refractivity contribution >= 4 is 0 Å². The number of hydrogen-bond donors (Lipinski definition) is 0. The molecule has 0 N–H and O–H groups in total. The minimum Gasteiger partial charge on any atom is -0.373 e. The lowest BCUT2D eigenvalue weighted by Crippen LogP contribution is -2.51. The van der Waals surface area contributed by atoms with Crippen LogP contribution in [-0.2, 0) is 18.9 Å². The maximum Gasteiger partial charge on any atom is 0.135 e. The molecular weight excluding hydrogens is 835 g/mol. The lowest BCUT2D eigenvalue weighted by Gasteiger charge is -2.34. The molecule has 0 amide bonds. The number of ether oxygens (including phenoxy) is 4. The molecule has 0 saturated carbocycles. The van der Waals surface area contributed by atoms with Gasteiger partial charge in [-0.25, -0.2) is 0 Å². The first-order valence-corrected chi connectivity index (χ1v) is 29.6. The van der Waals surface area contributed by atoms with Crippen molar-refractivity contribution in [3.8, 4) is 0 Å². The fourth-order valence-electron chi connectivity index (χ4n) is 9.02. The summed E-state index contributed by atoms with van der Waals surface area (Å²) >= 11 is 0. The maximum atomic E-state index is 6.79. The van der Waals surface area contributed by atoms with Crippen LogP contribution in [-0.4, -0.2) is 83.0 Å². The van der Waals surface area contributed by atoms with E-state index in [0.29, 0.717) is 6.61 Å². The summed E-state index contributed by atoms with van der Waals surface area (Å²) < 4.78 is 27.7. The van der Waals surface area contributed by atoms with Gasteiger partial charge in [0, 0.05) is 19.8 Å². The Labute approximate surface area is 425 Å². The molecule has 5 heteroatoms. The molecule has 0 unspecified atom stereocenters. The summed E-state index contributed by atoms with van der Waals surface area (Å²) in [5.74, 6) is 0. The molecule has 4 atom stereocenters. The highest BCUT2D eigenvalue weighted by molar-refractivity contribution is 4.95. The van der Waals surface area contributed by atoms with Crippen LogP contribution in [0.1, 0.15) is 252 Å². The Morgan fingerprint density at radius 3 is 1.09 bits per heavy atom. The quantitative estimate of drug-likeness (QED) is 0.0346. The molecule has 0 aromatic carbocycles. The summed E-state index contributed by atoms with van der Waals surface area (Å²) in [6, 6.07) is 0. The van der Waals surface area contributed by atoms with Gasteiger partial charge in [0.1, 0.15) is 31.0 Å². The van der Waals surface area contributed by atoms with E-state index in [-0.39, 0.29) is 24.4 Å². The fourth-order valence-corrected chi connectivity index (χ4v) is 9.02. The second-order valence-corrected chi connectivity index (χ2v) is 21.2. The van der Waals surface area contributed by atoms with E-state index in [9.17, 15) is 0 Å². The number of hydrogen-bond acceptors (Lipinski definition) is 4. The molecule has 0 radical (unpaired) electrons. The molecule has 396 valence electrons. The largest absolute Gasteiger partial charge is 0.373 e. The van der Waals surface area contributed by atoms with Crippen LogP contribution >= 0.6 is 0 Å². The summed E-state index contributed by atoms with van der Waals surface area (Å²) in [5, 5.41) is 0. The monoisotopic (exact) mass is 951 g/mol. The van der Waals surface area contributed by atoms with Crippen LogP contribution in [0.5, 0.6) is 0 Å². The average molecular weight is 952 g/mol. The van der Waals surface area contributed by atoms with Crippen LogP contribution < -0.4 is 0 Å². The molecule has 68 heavy (non-hydrogen) atoms. The highest BCUT2D eigenvalue weighted by Gasteiger charge is 2.45. The number of likely N-dealkylation sites (N-methyl/N-ethyl adjacent to an activating group) is 1. The summed E-state index contributed by atoms with van der Waals surface area (Å²) in [7, 11) is 6.81. The summed E-state index contributed by atoms with van der Waals surface area (Å²) in [5.41, 5.74) is 0. The van der Waals surface area contributed by atoms with Crippen molar-refractivity contribution in [1.29, 1.82) is 0 Å². The zero-order valence-corrected chi connectivity index (χ0v) is 46.3. The smallest absolute Gasteiger partial charge is 0.135 e. The van der Waals surface area contributed by atoms with Crippen molar-refractivity contribution in [2.45, 2.75) is 276 Å². The third kappa shape index (κ3) is 43.1. The Morgan fingerprint density at radius 1 is 0.397 bits per heavy atom. The zero-order valence-electron chi connectivity index (χ0n) is 46.3. The van der Waals surface area contributed by atoms with Crippen LogP contribution in [0.15, 0.2) is 72.9 Å². The van der Waals surface area contributed by atoms with E-state index < -0.39 is 0 Å². The van der Waals surface area contributed by atoms with Crippen molar-refractivity contribution < 1.29 is 23.4 Å². The predicted molar refractivity (Wildman–Crippen MR) is 300 cm³/mol. The predicted octanol–water partition coefficient (Wildman–Crippen LogP) is 18.7. The Bertz CT molecular complexity index is 1210. The van der Waals surface area contributed by atoms with Crippen LogP contribution in [0.2, 0.25) is 0 Å². The molecule has 0 aromatic heterocycles. The average Bonchev–Trinajstić information content (AvgIpc) is 3.73. The van der Waals surface area contributed by atoms with Crippen molar-refractivity contribution in [2.24, 2.45) is 0 Å². The third-order valence-corrected chi connectivity index (χ3v) is 13.2. The van der Waals surface area contributed by atoms with Crippen molar-refractivity contribution in [3.05, 3.63) is 72.9 Å². The molecule has 1 aliphatic heterocycles. The van der Waals surface area contributed by atoms with Gasteiger partial charge in [0.25, 0.3) is 0 Å². The van der Waals surface area contributed by atoms with Gasteiger partial charge in [-0.3, -0.25) is 0 Å². The van der Waals surface area contributed by atoms with Gasteiger partial charge in [-0.2, -0.15) is 0 Å². The van der Waals surface area contributed by atoms with Crippen LogP contribution in [0.3, 0.4) is 0 Å². The van der Waals surface area contributed by atoms with E-state index in [1.807, 2.05) is 0 Å². The van der Waals surface area contributed by atoms with E-state index in [1.165, 1.54) is 193 Å². The second kappa shape index (κ2) is 50.2. The lowest BCUT2D eigenvalue weighted by molar-refractivity contribution is -0.874. The minimum absolute atomic E-state index is 0.00991. The van der Waals surface area contributed by atoms with Gasteiger partial charge in [-0.15, -0.1) is 0 Å². The van der Waals surface area contributed by atoms with Crippen molar-refractivity contribution in [3.63, 3.8) is 0 Å². The van der Waals surface area contributed by atoms with Crippen molar-refractivity contribution in [1.82, 2.24) is 0 Å². The first kappa shape index (κ1) is 64.3. The topological polar surface area (TPSA) is 36.9 Å². The Hall–Kier alpha value is -1.76. The van der Waals surface area contributed by atoms with Gasteiger partial charge in [0.2, 0.25) is 0 Å². The molecule has 5 nitrogen and oxygen atoms in total. The highest BCUT2D eigenvalue weighted by atomic mass is 16.6. The lowest BCUT2D eigenvalue weighted by atomic mass is 10.0. The number of nitrogens with zero attached hydrogens (tertiary/aromatic N) is 1. The summed E-state index contributed by atoms with van der Waals surface area (Å²) in [4.78, 5) is 0. The number of rotatable bonds is 51. The molecule has 0 bridgehead atoms. The molecule has 0 aliphatic carbocycles. The van der Waals surface area contributed by atoms with E-state index in [4.69, 9.17) is 18.9 Å². The zero-order chi connectivity index (χ0) is 49.1. The third-order valence-electron chi connectivity index (χ3n) is 13.2. The molecule has 1 aliphatic rings. The van der Waals surface area contributed by atoms with Crippen LogP contribution in [0.25, 0.3) is 0 Å². The normalized spacial score (nSPS) is 17.6. The van der Waals surface area contributed by atoms with Gasteiger partial charge in [-0.1, -0.05) is 209 Å². The van der Waals surface area contributed by atoms with E-state index in [2.05, 4.69) is 115 Å². The first-order chi connectivity index (χ1) is 33.4. The van der Waals surface area contributed by atoms with Crippen LogP contribution in [0.4, 0.5) is 0 Å². The molecule has 1 fully saturated rings.